The van der Waals surface area contributed by atoms with Gasteiger partial charge in [-0.1, -0.05) is 0 Å². The van der Waals surface area contributed by atoms with Crippen LogP contribution < -0.4 is 10.2 Å². The molecule has 1 aromatic rings. The Morgan fingerprint density at radius 2 is 1.93 bits per heavy atom. The largest absolute Gasteiger partial charge is 0.497 e. The summed E-state index contributed by atoms with van der Waals surface area (Å²) in [5.74, 6) is 0.789. The Kier molecular flexibility index (Phi) is 4.07. The van der Waals surface area contributed by atoms with E-state index >= 15 is 0 Å². The summed E-state index contributed by atoms with van der Waals surface area (Å²) in [6.07, 6.45) is 0. The van der Waals surface area contributed by atoms with E-state index in [1.165, 1.54) is 7.11 Å². The first-order valence-electron chi connectivity index (χ1n) is 3.93. The van der Waals surface area contributed by atoms with E-state index in [4.69, 9.17) is 16.3 Å². The highest BCUT2D eigenvalue weighted by Gasteiger charge is 1.93. The number of hydrogen-bond donors (Lipinski definition) is 1. The van der Waals surface area contributed by atoms with Gasteiger partial charge in [-0.25, -0.2) is 0 Å². The third-order valence-electron chi connectivity index (χ3n) is 1.53. The molecule has 0 amide bonds. The quantitative estimate of drug-likeness (QED) is 0.477. The molecule has 0 aliphatic heterocycles. The Morgan fingerprint density at radius 1 is 1.29 bits per heavy atom. The van der Waals surface area contributed by atoms with Crippen LogP contribution in [0.2, 0.25) is 0 Å². The van der Waals surface area contributed by atoms with Crippen LogP contribution in [0.1, 0.15) is 0 Å². The Labute approximate surface area is 87.5 Å². The minimum absolute atomic E-state index is 0.0563. The molecule has 0 fully saturated rings. The van der Waals surface area contributed by atoms with E-state index in [0.29, 0.717) is 0 Å². The molecule has 0 saturated carbocycles. The Bertz CT molecular complexity index is 311. The van der Waals surface area contributed by atoms with Crippen LogP contribution in [-0.4, -0.2) is 19.6 Å². The van der Waals surface area contributed by atoms with Gasteiger partial charge in [0.2, 0.25) is 0 Å². The summed E-state index contributed by atoms with van der Waals surface area (Å²) in [7, 11) is 3.06. The summed E-state index contributed by atoms with van der Waals surface area (Å²) in [5.41, 5.74) is 3.53. The number of rotatable bonds is 3. The molecule has 0 aliphatic carbocycles. The zero-order valence-electron chi connectivity index (χ0n) is 7.95. The third-order valence-corrected chi connectivity index (χ3v) is 1.77. The number of anilines is 1. The topological polar surface area (TPSA) is 42.8 Å². The van der Waals surface area contributed by atoms with Gasteiger partial charge in [0.15, 0.2) is 0 Å². The molecule has 0 radical (unpaired) electrons. The number of hydrazone groups is 1. The minimum Gasteiger partial charge on any atom is -0.497 e. The molecule has 4 nitrogen and oxygen atoms in total. The highest BCUT2D eigenvalue weighted by molar-refractivity contribution is 6.62. The van der Waals surface area contributed by atoms with E-state index in [2.05, 4.69) is 15.3 Å². The van der Waals surface area contributed by atoms with Gasteiger partial charge in [0.05, 0.1) is 19.9 Å². The van der Waals surface area contributed by atoms with E-state index in [9.17, 15) is 0 Å². The van der Waals surface area contributed by atoms with Gasteiger partial charge in [0.25, 0.3) is 0 Å². The normalized spacial score (nSPS) is 10.9. The number of hydrogen-bond acceptors (Lipinski definition) is 4. The second kappa shape index (κ2) is 5.34. The molecule has 1 N–H and O–H groups in total. The van der Waals surface area contributed by atoms with Crippen LogP contribution >= 0.6 is 11.6 Å². The lowest BCUT2D eigenvalue weighted by atomic mass is 10.3. The van der Waals surface area contributed by atoms with Gasteiger partial charge in [0, 0.05) is 0 Å². The maximum absolute atomic E-state index is 5.51. The summed E-state index contributed by atoms with van der Waals surface area (Å²) in [6.45, 7) is 0. The van der Waals surface area contributed by atoms with Crippen molar-refractivity contribution in [2.45, 2.75) is 0 Å². The van der Waals surface area contributed by atoms with E-state index in [-0.39, 0.29) is 5.36 Å². The standard InChI is InChI=1S/C9H11ClN2O2/c1-13-8-5-3-7(4-6-8)11-12-9(10)14-2/h3-6,11H,1-2H3. The molecule has 1 rings (SSSR count). The number of nitrogens with zero attached hydrogens (tertiary/aromatic N) is 1. The van der Waals surface area contributed by atoms with Crippen LogP contribution in [0.25, 0.3) is 0 Å². The van der Waals surface area contributed by atoms with Crippen molar-refractivity contribution in [3.05, 3.63) is 24.3 Å². The highest BCUT2D eigenvalue weighted by Crippen LogP contribution is 2.14. The van der Waals surface area contributed by atoms with Crippen molar-refractivity contribution >= 4 is 22.6 Å². The second-order valence-electron chi connectivity index (χ2n) is 2.41. The monoisotopic (exact) mass is 214 g/mol. The molecule has 0 aromatic heterocycles. The lowest BCUT2D eigenvalue weighted by Gasteiger charge is -2.02. The average Bonchev–Trinajstić information content (AvgIpc) is 2.26. The van der Waals surface area contributed by atoms with Gasteiger partial charge < -0.3 is 9.47 Å². The molecule has 76 valence electrons. The zero-order chi connectivity index (χ0) is 10.4. The highest BCUT2D eigenvalue weighted by atomic mass is 35.5. The fourth-order valence-electron chi connectivity index (χ4n) is 0.820. The Hall–Kier alpha value is -1.42. The van der Waals surface area contributed by atoms with Crippen molar-refractivity contribution < 1.29 is 9.47 Å². The van der Waals surface area contributed by atoms with Crippen LogP contribution in [-0.2, 0) is 4.74 Å². The second-order valence-corrected chi connectivity index (χ2v) is 2.73. The van der Waals surface area contributed by atoms with Crippen molar-refractivity contribution in [1.29, 1.82) is 0 Å². The van der Waals surface area contributed by atoms with Gasteiger partial charge in [-0.3, -0.25) is 5.43 Å². The molecule has 0 heterocycles. The van der Waals surface area contributed by atoms with Crippen LogP contribution in [0.4, 0.5) is 5.69 Å². The van der Waals surface area contributed by atoms with Crippen molar-refractivity contribution in [3.63, 3.8) is 0 Å². The Balaban J connectivity index is 2.60. The maximum Gasteiger partial charge on any atom is 0.303 e. The number of benzene rings is 1. The lowest BCUT2D eigenvalue weighted by Crippen LogP contribution is -1.96. The van der Waals surface area contributed by atoms with Crippen molar-refractivity contribution in [2.75, 3.05) is 19.6 Å². The molecule has 0 spiro atoms. The predicted molar refractivity (Wildman–Crippen MR) is 56.9 cm³/mol. The first-order chi connectivity index (χ1) is 6.76. The molecule has 0 bridgehead atoms. The zero-order valence-corrected chi connectivity index (χ0v) is 8.71. The molecular weight excluding hydrogens is 204 g/mol. The SMILES string of the molecule is COC(Cl)=NNc1ccc(OC)cc1. The summed E-state index contributed by atoms with van der Waals surface area (Å²) in [4.78, 5) is 0. The summed E-state index contributed by atoms with van der Waals surface area (Å²) >= 11 is 5.51. The van der Waals surface area contributed by atoms with Crippen LogP contribution in [0.5, 0.6) is 5.75 Å². The molecule has 14 heavy (non-hydrogen) atoms. The van der Waals surface area contributed by atoms with E-state index < -0.39 is 0 Å². The summed E-state index contributed by atoms with van der Waals surface area (Å²) in [5, 5.41) is 3.79. The van der Waals surface area contributed by atoms with E-state index in [1.54, 1.807) is 7.11 Å². The number of methoxy groups -OCH3 is 2. The van der Waals surface area contributed by atoms with Gasteiger partial charge in [-0.05, 0) is 35.9 Å². The molecule has 1 aromatic carbocycles. The van der Waals surface area contributed by atoms with Gasteiger partial charge in [-0.15, -0.1) is 5.10 Å². The fraction of sp³-hybridized carbons (Fsp3) is 0.222. The van der Waals surface area contributed by atoms with E-state index in [1.807, 2.05) is 24.3 Å². The molecular formula is C9H11ClN2O2. The molecule has 0 unspecified atom stereocenters. The Morgan fingerprint density at radius 3 is 2.43 bits per heavy atom. The number of ether oxygens (including phenoxy) is 2. The van der Waals surface area contributed by atoms with Gasteiger partial charge >= 0.3 is 5.36 Å². The van der Waals surface area contributed by atoms with E-state index in [0.717, 1.165) is 11.4 Å². The molecule has 0 saturated heterocycles. The minimum atomic E-state index is 0.0563. The van der Waals surface area contributed by atoms with Crippen LogP contribution in [0.3, 0.4) is 0 Å². The number of halogens is 1. The molecule has 0 aliphatic rings. The smallest absolute Gasteiger partial charge is 0.303 e. The molecule has 0 atom stereocenters. The van der Waals surface area contributed by atoms with Crippen LogP contribution in [0.15, 0.2) is 29.4 Å². The van der Waals surface area contributed by atoms with Crippen molar-refractivity contribution in [1.82, 2.24) is 0 Å². The third kappa shape index (κ3) is 3.14. The van der Waals surface area contributed by atoms with Crippen LogP contribution in [0, 0.1) is 0 Å². The predicted octanol–water partition coefficient (Wildman–Crippen LogP) is 2.26. The first kappa shape index (κ1) is 10.7. The molecule has 5 heteroatoms. The number of nitrogens with one attached hydrogen (secondary N) is 1. The first-order valence-corrected chi connectivity index (χ1v) is 4.31. The van der Waals surface area contributed by atoms with Gasteiger partial charge in [-0.2, -0.15) is 0 Å². The lowest BCUT2D eigenvalue weighted by molar-refractivity contribution is 0.413. The average molecular weight is 215 g/mol. The summed E-state index contributed by atoms with van der Waals surface area (Å²) in [6, 6.07) is 7.28. The van der Waals surface area contributed by atoms with Crippen molar-refractivity contribution in [2.24, 2.45) is 5.10 Å². The summed E-state index contributed by atoms with van der Waals surface area (Å²) < 4.78 is 9.65. The fourth-order valence-corrected chi connectivity index (χ4v) is 0.862. The van der Waals surface area contributed by atoms with Crippen molar-refractivity contribution in [3.8, 4) is 5.75 Å². The maximum atomic E-state index is 5.51. The van der Waals surface area contributed by atoms with Gasteiger partial charge in [0.1, 0.15) is 5.75 Å².